The molecule has 0 radical (unpaired) electrons. The van der Waals surface area contributed by atoms with Gasteiger partial charge in [-0.1, -0.05) is 19.9 Å². The average Bonchev–Trinajstić information content (AvgIpc) is 2.97. The predicted molar refractivity (Wildman–Crippen MR) is 98.0 cm³/mol. The number of nitrogens with one attached hydrogen (secondary N) is 2. The van der Waals surface area contributed by atoms with Gasteiger partial charge in [-0.15, -0.1) is 11.3 Å². The van der Waals surface area contributed by atoms with Gasteiger partial charge >= 0.3 is 6.03 Å². The summed E-state index contributed by atoms with van der Waals surface area (Å²) in [6.45, 7) is 12.7. The molecule has 0 bridgehead atoms. The van der Waals surface area contributed by atoms with Gasteiger partial charge in [0.2, 0.25) is 0 Å². The fourth-order valence-electron chi connectivity index (χ4n) is 3.38. The SMILES string of the molecule is CC1CC(C)CN(C(C)(C)CNC(=O)NCCc2cccs2)C1. The van der Waals surface area contributed by atoms with Crippen LogP contribution in [-0.2, 0) is 6.42 Å². The first kappa shape index (κ1) is 18.3. The molecule has 0 saturated carbocycles. The lowest BCUT2D eigenvalue weighted by Crippen LogP contribution is -2.57. The molecule has 130 valence electrons. The van der Waals surface area contributed by atoms with E-state index in [1.165, 1.54) is 11.3 Å². The van der Waals surface area contributed by atoms with E-state index < -0.39 is 0 Å². The zero-order valence-corrected chi connectivity index (χ0v) is 15.7. The number of urea groups is 1. The summed E-state index contributed by atoms with van der Waals surface area (Å²) in [5, 5.41) is 8.06. The Kier molecular flexibility index (Phi) is 6.48. The second-order valence-electron chi connectivity index (χ2n) is 7.60. The van der Waals surface area contributed by atoms with Crippen LogP contribution in [-0.4, -0.2) is 42.6 Å². The van der Waals surface area contributed by atoms with Gasteiger partial charge in [0.1, 0.15) is 0 Å². The quantitative estimate of drug-likeness (QED) is 0.836. The number of carbonyl (C=O) groups excluding carboxylic acids is 1. The Morgan fingerprint density at radius 1 is 1.30 bits per heavy atom. The van der Waals surface area contributed by atoms with E-state index in [1.807, 2.05) is 6.07 Å². The average molecular weight is 338 g/mol. The molecular formula is C18H31N3OS. The molecule has 1 aliphatic rings. The second kappa shape index (κ2) is 8.15. The van der Waals surface area contributed by atoms with Gasteiger partial charge in [0.05, 0.1) is 0 Å². The van der Waals surface area contributed by atoms with Gasteiger partial charge in [0, 0.05) is 36.6 Å². The van der Waals surface area contributed by atoms with Crippen LogP contribution in [0, 0.1) is 11.8 Å². The molecule has 23 heavy (non-hydrogen) atoms. The molecule has 1 saturated heterocycles. The molecule has 5 heteroatoms. The number of piperidine rings is 1. The molecule has 0 spiro atoms. The van der Waals surface area contributed by atoms with Gasteiger partial charge in [-0.05, 0) is 50.0 Å². The van der Waals surface area contributed by atoms with E-state index >= 15 is 0 Å². The zero-order chi connectivity index (χ0) is 16.9. The van der Waals surface area contributed by atoms with Crippen LogP contribution >= 0.6 is 11.3 Å². The van der Waals surface area contributed by atoms with E-state index in [0.29, 0.717) is 13.1 Å². The molecule has 2 rings (SSSR count). The Bertz CT molecular complexity index is 476. The molecule has 1 aliphatic heterocycles. The van der Waals surface area contributed by atoms with Crippen molar-refractivity contribution >= 4 is 17.4 Å². The number of hydrogen-bond donors (Lipinski definition) is 2. The third kappa shape index (κ3) is 5.81. The summed E-state index contributed by atoms with van der Waals surface area (Å²) in [6.07, 6.45) is 2.21. The van der Waals surface area contributed by atoms with E-state index in [-0.39, 0.29) is 11.6 Å². The monoisotopic (exact) mass is 337 g/mol. The summed E-state index contributed by atoms with van der Waals surface area (Å²) in [7, 11) is 0. The number of likely N-dealkylation sites (tertiary alicyclic amines) is 1. The van der Waals surface area contributed by atoms with Gasteiger partial charge in [0.25, 0.3) is 0 Å². The molecular weight excluding hydrogens is 306 g/mol. The van der Waals surface area contributed by atoms with E-state index in [2.05, 4.69) is 54.7 Å². The van der Waals surface area contributed by atoms with Crippen LogP contribution in [0.2, 0.25) is 0 Å². The van der Waals surface area contributed by atoms with Gasteiger partial charge < -0.3 is 10.6 Å². The highest BCUT2D eigenvalue weighted by atomic mass is 32.1. The van der Waals surface area contributed by atoms with Gasteiger partial charge in [0.15, 0.2) is 0 Å². The maximum atomic E-state index is 12.0. The topological polar surface area (TPSA) is 44.4 Å². The highest BCUT2D eigenvalue weighted by Crippen LogP contribution is 2.26. The van der Waals surface area contributed by atoms with Crippen molar-refractivity contribution in [2.24, 2.45) is 11.8 Å². The maximum Gasteiger partial charge on any atom is 0.314 e. The van der Waals surface area contributed by atoms with E-state index in [9.17, 15) is 4.79 Å². The lowest BCUT2D eigenvalue weighted by molar-refractivity contribution is 0.0473. The van der Waals surface area contributed by atoms with Crippen molar-refractivity contribution < 1.29 is 4.79 Å². The van der Waals surface area contributed by atoms with E-state index in [4.69, 9.17) is 0 Å². The summed E-state index contributed by atoms with van der Waals surface area (Å²) in [5.41, 5.74) is -0.00592. The molecule has 2 N–H and O–H groups in total. The van der Waals surface area contributed by atoms with Crippen molar-refractivity contribution in [1.82, 2.24) is 15.5 Å². The highest BCUT2D eigenvalue weighted by Gasteiger charge is 2.32. The van der Waals surface area contributed by atoms with Gasteiger partial charge in [-0.2, -0.15) is 0 Å². The standard InChI is InChI=1S/C18H31N3OS/c1-14-10-15(2)12-21(11-14)18(3,4)13-20-17(22)19-8-7-16-6-5-9-23-16/h5-6,9,14-15H,7-8,10-13H2,1-4H3,(H2,19,20,22). The van der Waals surface area contributed by atoms with Crippen molar-refractivity contribution in [3.8, 4) is 0 Å². The summed E-state index contributed by atoms with van der Waals surface area (Å²) in [6, 6.07) is 4.09. The highest BCUT2D eigenvalue weighted by molar-refractivity contribution is 7.09. The first-order valence-corrected chi connectivity index (χ1v) is 9.54. The Morgan fingerprint density at radius 2 is 2.00 bits per heavy atom. The molecule has 0 aliphatic carbocycles. The van der Waals surface area contributed by atoms with Crippen molar-refractivity contribution in [2.75, 3.05) is 26.2 Å². The van der Waals surface area contributed by atoms with Crippen LogP contribution in [0.15, 0.2) is 17.5 Å². The maximum absolute atomic E-state index is 12.0. The Labute approximate surface area is 144 Å². The Morgan fingerprint density at radius 3 is 2.61 bits per heavy atom. The molecule has 1 fully saturated rings. The van der Waals surface area contributed by atoms with E-state index in [0.717, 1.165) is 31.3 Å². The zero-order valence-electron chi connectivity index (χ0n) is 14.9. The number of carbonyl (C=O) groups is 1. The summed E-state index contributed by atoms with van der Waals surface area (Å²) in [4.78, 5) is 15.8. The first-order valence-electron chi connectivity index (χ1n) is 8.66. The van der Waals surface area contributed by atoms with Crippen LogP contribution in [0.1, 0.15) is 39.0 Å². The lowest BCUT2D eigenvalue weighted by atomic mass is 9.88. The molecule has 2 amide bonds. The molecule has 2 unspecified atom stereocenters. The third-order valence-corrected chi connectivity index (χ3v) is 5.58. The fraction of sp³-hybridized carbons (Fsp3) is 0.722. The van der Waals surface area contributed by atoms with Gasteiger partial charge in [-0.3, -0.25) is 4.90 Å². The normalized spacial score (nSPS) is 22.8. The van der Waals surface area contributed by atoms with Crippen molar-refractivity contribution in [1.29, 1.82) is 0 Å². The van der Waals surface area contributed by atoms with Crippen LogP contribution in [0.4, 0.5) is 4.79 Å². The molecule has 4 nitrogen and oxygen atoms in total. The summed E-state index contributed by atoms with van der Waals surface area (Å²) in [5.74, 6) is 1.47. The van der Waals surface area contributed by atoms with Crippen molar-refractivity contribution in [3.05, 3.63) is 22.4 Å². The minimum atomic E-state index is -0.0623. The molecule has 2 atom stereocenters. The number of nitrogens with zero attached hydrogens (tertiary/aromatic N) is 1. The number of thiophene rings is 1. The fourth-order valence-corrected chi connectivity index (χ4v) is 4.09. The lowest BCUT2D eigenvalue weighted by Gasteiger charge is -2.45. The largest absolute Gasteiger partial charge is 0.338 e. The molecule has 1 aromatic rings. The van der Waals surface area contributed by atoms with Crippen molar-refractivity contribution in [2.45, 2.75) is 46.1 Å². The third-order valence-electron chi connectivity index (χ3n) is 4.64. The first-order chi connectivity index (χ1) is 10.9. The molecule has 0 aromatic carbocycles. The smallest absolute Gasteiger partial charge is 0.314 e. The predicted octanol–water partition coefficient (Wildman–Crippen LogP) is 3.35. The van der Waals surface area contributed by atoms with Crippen LogP contribution in [0.5, 0.6) is 0 Å². The summed E-state index contributed by atoms with van der Waals surface area (Å²) >= 11 is 1.73. The Balaban J connectivity index is 1.71. The summed E-state index contributed by atoms with van der Waals surface area (Å²) < 4.78 is 0. The van der Waals surface area contributed by atoms with Gasteiger partial charge in [-0.25, -0.2) is 4.79 Å². The van der Waals surface area contributed by atoms with Crippen LogP contribution in [0.3, 0.4) is 0 Å². The Hall–Kier alpha value is -1.07. The molecule has 2 heterocycles. The molecule has 1 aromatic heterocycles. The van der Waals surface area contributed by atoms with Crippen LogP contribution in [0.25, 0.3) is 0 Å². The second-order valence-corrected chi connectivity index (χ2v) is 8.63. The van der Waals surface area contributed by atoms with E-state index in [1.54, 1.807) is 11.3 Å². The number of amides is 2. The minimum Gasteiger partial charge on any atom is -0.338 e. The number of rotatable bonds is 6. The minimum absolute atomic E-state index is 0.00592. The van der Waals surface area contributed by atoms with Crippen molar-refractivity contribution in [3.63, 3.8) is 0 Å². The van der Waals surface area contributed by atoms with Crippen LogP contribution < -0.4 is 10.6 Å². The number of hydrogen-bond acceptors (Lipinski definition) is 3.